The average Bonchev–Trinajstić information content (AvgIpc) is 2.80. The number of terminal acetylenes is 1. The summed E-state index contributed by atoms with van der Waals surface area (Å²) in [4.78, 5) is 38.6. The Bertz CT molecular complexity index is 818. The van der Waals surface area contributed by atoms with Gasteiger partial charge in [0, 0.05) is 6.42 Å². The monoisotopic (exact) mass is 496 g/mol. The highest BCUT2D eigenvalue weighted by atomic mass is 16.7. The molecule has 0 saturated carbocycles. The van der Waals surface area contributed by atoms with Crippen LogP contribution in [-0.4, -0.2) is 68.9 Å². The van der Waals surface area contributed by atoms with Gasteiger partial charge in [-0.05, 0) is 61.3 Å². The third kappa shape index (κ3) is 7.74. The Kier molecular flexibility index (Phi) is 9.15. The van der Waals surface area contributed by atoms with Crippen LogP contribution in [-0.2, 0) is 42.8 Å². The van der Waals surface area contributed by atoms with Crippen molar-refractivity contribution in [1.29, 1.82) is 0 Å². The van der Waals surface area contributed by atoms with E-state index in [2.05, 4.69) is 5.92 Å². The number of ether oxygens (including phenoxy) is 6. The minimum Gasteiger partial charge on any atom is -0.464 e. The number of esters is 2. The first kappa shape index (κ1) is 29.2. The maximum Gasteiger partial charge on any atom is 0.316 e. The molecule has 9 heteroatoms. The molecular formula is C26H40O9. The van der Waals surface area contributed by atoms with E-state index in [1.54, 1.807) is 41.5 Å². The first-order chi connectivity index (χ1) is 16.1. The maximum absolute atomic E-state index is 12.9. The van der Waals surface area contributed by atoms with Gasteiger partial charge >= 0.3 is 11.9 Å². The van der Waals surface area contributed by atoms with Crippen molar-refractivity contribution in [3.8, 4) is 12.3 Å². The standard InChI is InChI=1S/C26H40O9/c1-9-13-30-20(28)24(6,14-31-21(29)26(8)17-34-23(4,5)35-18-26)12-10-11-19(27)25(7)15-32-22(2,3)33-16-25/h1H,10-18H2,2-8H3. The lowest BCUT2D eigenvalue weighted by molar-refractivity contribution is -0.282. The molecule has 0 aromatic carbocycles. The highest BCUT2D eigenvalue weighted by molar-refractivity contribution is 5.85. The second-order valence-electron chi connectivity index (χ2n) is 11.3. The number of carbonyl (C=O) groups is 3. The Balaban J connectivity index is 1.98. The molecular weight excluding hydrogens is 456 g/mol. The van der Waals surface area contributed by atoms with Crippen molar-refractivity contribution in [1.82, 2.24) is 0 Å². The molecule has 2 aliphatic heterocycles. The Morgan fingerprint density at radius 3 is 1.83 bits per heavy atom. The predicted octanol–water partition coefficient (Wildman–Crippen LogP) is 3.03. The summed E-state index contributed by atoms with van der Waals surface area (Å²) >= 11 is 0. The summed E-state index contributed by atoms with van der Waals surface area (Å²) in [6.45, 7) is 12.6. The molecule has 1 atom stereocenters. The molecule has 1 unspecified atom stereocenters. The SMILES string of the molecule is C#CCOC(=O)C(C)(CCCC(=O)C1(C)COC(C)(C)OC1)COC(=O)C1(C)COC(C)(C)OC1. The van der Waals surface area contributed by atoms with E-state index >= 15 is 0 Å². The summed E-state index contributed by atoms with van der Waals surface area (Å²) in [5, 5.41) is 0. The summed E-state index contributed by atoms with van der Waals surface area (Å²) < 4.78 is 33.3. The topological polar surface area (TPSA) is 107 Å². The molecule has 0 aromatic heterocycles. The van der Waals surface area contributed by atoms with Gasteiger partial charge in [-0.25, -0.2) is 0 Å². The normalized spacial score (nSPS) is 23.8. The van der Waals surface area contributed by atoms with Crippen LogP contribution in [0.4, 0.5) is 0 Å². The molecule has 198 valence electrons. The third-order valence-electron chi connectivity index (χ3n) is 6.55. The van der Waals surface area contributed by atoms with Crippen molar-refractivity contribution < 1.29 is 42.8 Å². The van der Waals surface area contributed by atoms with Gasteiger partial charge in [0.2, 0.25) is 0 Å². The van der Waals surface area contributed by atoms with E-state index in [1.807, 2.05) is 6.92 Å². The first-order valence-electron chi connectivity index (χ1n) is 11.9. The molecule has 0 amide bonds. The van der Waals surface area contributed by atoms with Crippen molar-refractivity contribution in [2.24, 2.45) is 16.2 Å². The predicted molar refractivity (Wildman–Crippen MR) is 126 cm³/mol. The second kappa shape index (κ2) is 11.0. The van der Waals surface area contributed by atoms with E-state index in [0.717, 1.165) is 0 Å². The van der Waals surface area contributed by atoms with Gasteiger partial charge in [0.1, 0.15) is 17.8 Å². The van der Waals surface area contributed by atoms with E-state index in [9.17, 15) is 14.4 Å². The second-order valence-corrected chi connectivity index (χ2v) is 11.3. The van der Waals surface area contributed by atoms with Crippen molar-refractivity contribution in [2.45, 2.75) is 79.3 Å². The van der Waals surface area contributed by atoms with E-state index in [4.69, 9.17) is 34.8 Å². The Hall–Kier alpha value is -1.99. The molecule has 2 saturated heterocycles. The quantitative estimate of drug-likeness (QED) is 0.333. The van der Waals surface area contributed by atoms with Crippen LogP contribution in [0.3, 0.4) is 0 Å². The van der Waals surface area contributed by atoms with Crippen LogP contribution in [0.5, 0.6) is 0 Å². The summed E-state index contributed by atoms with van der Waals surface area (Å²) in [6, 6.07) is 0. The summed E-state index contributed by atoms with van der Waals surface area (Å²) in [5.74, 6) is -0.372. The van der Waals surface area contributed by atoms with Gasteiger partial charge < -0.3 is 28.4 Å². The molecule has 2 aliphatic rings. The van der Waals surface area contributed by atoms with Crippen LogP contribution in [0.15, 0.2) is 0 Å². The maximum atomic E-state index is 12.9. The van der Waals surface area contributed by atoms with Crippen LogP contribution < -0.4 is 0 Å². The van der Waals surface area contributed by atoms with Crippen LogP contribution in [0.25, 0.3) is 0 Å². The first-order valence-corrected chi connectivity index (χ1v) is 11.9. The van der Waals surface area contributed by atoms with E-state index < -0.39 is 39.8 Å². The molecule has 0 aromatic rings. The number of rotatable bonds is 10. The van der Waals surface area contributed by atoms with Crippen LogP contribution in [0.2, 0.25) is 0 Å². The van der Waals surface area contributed by atoms with Gasteiger partial charge in [0.25, 0.3) is 0 Å². The Morgan fingerprint density at radius 1 is 0.857 bits per heavy atom. The van der Waals surface area contributed by atoms with Crippen molar-refractivity contribution in [3.05, 3.63) is 0 Å². The van der Waals surface area contributed by atoms with Gasteiger partial charge in [-0.15, -0.1) is 6.42 Å². The number of Topliss-reactive ketones (excluding diaryl/α,β-unsaturated/α-hetero) is 1. The fraction of sp³-hybridized carbons (Fsp3) is 0.808. The number of hydrogen-bond acceptors (Lipinski definition) is 9. The fourth-order valence-corrected chi connectivity index (χ4v) is 3.63. The largest absolute Gasteiger partial charge is 0.464 e. The summed E-state index contributed by atoms with van der Waals surface area (Å²) in [6.07, 6.45) is 6.08. The van der Waals surface area contributed by atoms with E-state index in [-0.39, 0.29) is 58.3 Å². The molecule has 2 fully saturated rings. The number of hydrogen-bond donors (Lipinski definition) is 0. The molecule has 0 radical (unpaired) electrons. The Morgan fingerprint density at radius 2 is 1.34 bits per heavy atom. The molecule has 0 spiro atoms. The van der Waals surface area contributed by atoms with Gasteiger partial charge in [-0.3, -0.25) is 14.4 Å². The zero-order chi connectivity index (χ0) is 26.5. The minimum atomic E-state index is -1.18. The van der Waals surface area contributed by atoms with Crippen LogP contribution >= 0.6 is 0 Å². The minimum absolute atomic E-state index is 0.0176. The van der Waals surface area contributed by atoms with Crippen LogP contribution in [0.1, 0.15) is 67.7 Å². The summed E-state index contributed by atoms with van der Waals surface area (Å²) in [7, 11) is 0. The fourth-order valence-electron chi connectivity index (χ4n) is 3.63. The highest BCUT2D eigenvalue weighted by Crippen LogP contribution is 2.35. The van der Waals surface area contributed by atoms with E-state index in [0.29, 0.717) is 6.42 Å². The van der Waals surface area contributed by atoms with E-state index in [1.165, 1.54) is 0 Å². The number of carbonyl (C=O) groups excluding carboxylic acids is 3. The average molecular weight is 497 g/mol. The summed E-state index contributed by atoms with van der Waals surface area (Å²) in [5.41, 5.74) is -2.94. The van der Waals surface area contributed by atoms with Gasteiger partial charge in [0.05, 0.1) is 37.3 Å². The molecule has 0 bridgehead atoms. The molecule has 9 nitrogen and oxygen atoms in total. The van der Waals surface area contributed by atoms with Gasteiger partial charge in [-0.1, -0.05) is 5.92 Å². The van der Waals surface area contributed by atoms with Crippen molar-refractivity contribution in [3.63, 3.8) is 0 Å². The number of ketones is 1. The zero-order valence-electron chi connectivity index (χ0n) is 22.1. The molecule has 0 N–H and O–H groups in total. The molecule has 0 aliphatic carbocycles. The highest BCUT2D eigenvalue weighted by Gasteiger charge is 2.46. The van der Waals surface area contributed by atoms with Crippen molar-refractivity contribution in [2.75, 3.05) is 39.6 Å². The van der Waals surface area contributed by atoms with Gasteiger partial charge in [0.15, 0.2) is 18.2 Å². The third-order valence-corrected chi connectivity index (χ3v) is 6.55. The smallest absolute Gasteiger partial charge is 0.316 e. The molecule has 2 heterocycles. The lowest BCUT2D eigenvalue weighted by Gasteiger charge is -2.40. The molecule has 35 heavy (non-hydrogen) atoms. The Labute approximate surface area is 208 Å². The lowest BCUT2D eigenvalue weighted by Crippen LogP contribution is -2.50. The van der Waals surface area contributed by atoms with Crippen LogP contribution in [0, 0.1) is 28.6 Å². The van der Waals surface area contributed by atoms with Gasteiger partial charge in [-0.2, -0.15) is 0 Å². The van der Waals surface area contributed by atoms with Crippen molar-refractivity contribution >= 4 is 17.7 Å². The zero-order valence-corrected chi connectivity index (χ0v) is 22.1. The molecule has 2 rings (SSSR count). The lowest BCUT2D eigenvalue weighted by atomic mass is 9.80.